The van der Waals surface area contributed by atoms with Crippen LogP contribution in [-0.2, 0) is 0 Å². The van der Waals surface area contributed by atoms with Gasteiger partial charge in [-0.1, -0.05) is 23.3 Å². The number of anilines is 1. The molecule has 8 nitrogen and oxygen atoms in total. The van der Waals surface area contributed by atoms with Crippen LogP contribution in [0.1, 0.15) is 5.56 Å². The highest BCUT2D eigenvalue weighted by Gasteiger charge is 2.06. The summed E-state index contributed by atoms with van der Waals surface area (Å²) in [6.45, 7) is 0. The summed E-state index contributed by atoms with van der Waals surface area (Å²) in [6, 6.07) is 15.1. The van der Waals surface area contributed by atoms with Crippen molar-refractivity contribution in [1.29, 1.82) is 0 Å². The minimum absolute atomic E-state index is 0.415. The zero-order valence-electron chi connectivity index (χ0n) is 13.2. The van der Waals surface area contributed by atoms with Gasteiger partial charge in [-0.25, -0.2) is 5.43 Å². The van der Waals surface area contributed by atoms with Gasteiger partial charge in [0.15, 0.2) is 11.5 Å². The molecule has 0 unspecified atom stereocenters. The highest BCUT2D eigenvalue weighted by atomic mass is 16.5. The molecule has 3 rings (SSSR count). The minimum Gasteiger partial charge on any atom is -0.493 e. The standard InChI is InChI=1S/C16H16N6O2/c1-23-14-9-8-12(10-15(14)24-2)11-17-18-16-19-20-21-22(16)13-6-4-3-5-7-13/h3-11H,1-2H3,(H,18,19,21)/b17-11-. The molecular formula is C16H16N6O2. The number of aromatic nitrogens is 4. The average molecular weight is 324 g/mol. The summed E-state index contributed by atoms with van der Waals surface area (Å²) in [4.78, 5) is 0. The molecule has 0 spiro atoms. The number of nitrogens with zero attached hydrogens (tertiary/aromatic N) is 5. The normalized spacial score (nSPS) is 10.8. The van der Waals surface area contributed by atoms with E-state index in [1.165, 1.54) is 0 Å². The lowest BCUT2D eigenvalue weighted by atomic mass is 10.2. The van der Waals surface area contributed by atoms with Crippen LogP contribution in [0.5, 0.6) is 11.5 Å². The van der Waals surface area contributed by atoms with Crippen molar-refractivity contribution in [3.8, 4) is 17.2 Å². The maximum absolute atomic E-state index is 5.26. The number of ether oxygens (including phenoxy) is 2. The fraction of sp³-hybridized carbons (Fsp3) is 0.125. The number of rotatable bonds is 6. The minimum atomic E-state index is 0.415. The average Bonchev–Trinajstić information content (AvgIpc) is 3.11. The lowest BCUT2D eigenvalue weighted by Crippen LogP contribution is -2.03. The van der Waals surface area contributed by atoms with Crippen LogP contribution in [-0.4, -0.2) is 40.6 Å². The SMILES string of the molecule is COc1ccc(/C=N\Nc2nnnn2-c2ccccc2)cc1OC. The van der Waals surface area contributed by atoms with E-state index in [1.807, 2.05) is 48.5 Å². The van der Waals surface area contributed by atoms with E-state index in [2.05, 4.69) is 26.1 Å². The third-order valence-corrected chi connectivity index (χ3v) is 3.26. The molecule has 0 fully saturated rings. The highest BCUT2D eigenvalue weighted by molar-refractivity contribution is 5.81. The molecule has 0 saturated heterocycles. The van der Waals surface area contributed by atoms with E-state index in [9.17, 15) is 0 Å². The third-order valence-electron chi connectivity index (χ3n) is 3.26. The van der Waals surface area contributed by atoms with Crippen molar-refractivity contribution < 1.29 is 9.47 Å². The molecule has 1 N–H and O–H groups in total. The Morgan fingerprint density at radius 1 is 1.04 bits per heavy atom. The second-order valence-electron chi connectivity index (χ2n) is 4.73. The summed E-state index contributed by atoms with van der Waals surface area (Å²) in [5.74, 6) is 1.71. The van der Waals surface area contributed by atoms with Gasteiger partial charge in [0, 0.05) is 0 Å². The second-order valence-corrected chi connectivity index (χ2v) is 4.73. The van der Waals surface area contributed by atoms with E-state index in [-0.39, 0.29) is 0 Å². The molecule has 0 aliphatic carbocycles. The number of hydrogen-bond acceptors (Lipinski definition) is 7. The Balaban J connectivity index is 1.75. The Morgan fingerprint density at radius 3 is 2.58 bits per heavy atom. The molecule has 122 valence electrons. The molecule has 2 aromatic carbocycles. The van der Waals surface area contributed by atoms with Gasteiger partial charge in [0.05, 0.1) is 26.1 Å². The summed E-state index contributed by atoms with van der Waals surface area (Å²) in [5.41, 5.74) is 4.52. The van der Waals surface area contributed by atoms with E-state index < -0.39 is 0 Å². The molecule has 0 radical (unpaired) electrons. The molecule has 24 heavy (non-hydrogen) atoms. The van der Waals surface area contributed by atoms with E-state index >= 15 is 0 Å². The summed E-state index contributed by atoms with van der Waals surface area (Å²) < 4.78 is 12.0. The second kappa shape index (κ2) is 7.23. The fourth-order valence-corrected chi connectivity index (χ4v) is 2.10. The first-order valence-corrected chi connectivity index (χ1v) is 7.16. The van der Waals surface area contributed by atoms with E-state index in [0.29, 0.717) is 17.4 Å². The molecule has 8 heteroatoms. The van der Waals surface area contributed by atoms with Crippen LogP contribution < -0.4 is 14.9 Å². The molecule has 3 aromatic rings. The number of hydrogen-bond donors (Lipinski definition) is 1. The molecule has 0 aliphatic heterocycles. The molecule has 0 bridgehead atoms. The molecule has 0 aliphatic rings. The van der Waals surface area contributed by atoms with Crippen LogP contribution >= 0.6 is 0 Å². The van der Waals surface area contributed by atoms with Gasteiger partial charge in [0.1, 0.15) is 0 Å². The van der Waals surface area contributed by atoms with E-state index in [4.69, 9.17) is 9.47 Å². The first-order valence-electron chi connectivity index (χ1n) is 7.16. The van der Waals surface area contributed by atoms with Gasteiger partial charge in [-0.3, -0.25) is 0 Å². The molecule has 0 atom stereocenters. The van der Waals surface area contributed by atoms with Crippen LogP contribution in [0.2, 0.25) is 0 Å². The first-order chi connectivity index (χ1) is 11.8. The quantitative estimate of drug-likeness (QED) is 0.552. The van der Waals surface area contributed by atoms with Crippen molar-refractivity contribution in [2.24, 2.45) is 5.10 Å². The van der Waals surface area contributed by atoms with Gasteiger partial charge in [-0.05, 0) is 46.3 Å². The lowest BCUT2D eigenvalue weighted by molar-refractivity contribution is 0.355. The Labute approximate surface area is 138 Å². The van der Waals surface area contributed by atoms with Crippen LogP contribution in [0.25, 0.3) is 5.69 Å². The first kappa shape index (κ1) is 15.5. The highest BCUT2D eigenvalue weighted by Crippen LogP contribution is 2.26. The van der Waals surface area contributed by atoms with Crippen molar-refractivity contribution in [3.63, 3.8) is 0 Å². The number of hydrazone groups is 1. The summed E-state index contributed by atoms with van der Waals surface area (Å²) in [7, 11) is 3.18. The van der Waals surface area contributed by atoms with Crippen molar-refractivity contribution in [3.05, 3.63) is 54.1 Å². The zero-order valence-corrected chi connectivity index (χ0v) is 13.2. The van der Waals surface area contributed by atoms with Crippen LogP contribution in [0.3, 0.4) is 0 Å². The molecule has 1 aromatic heterocycles. The van der Waals surface area contributed by atoms with Gasteiger partial charge in [-0.15, -0.1) is 0 Å². The fourth-order valence-electron chi connectivity index (χ4n) is 2.10. The van der Waals surface area contributed by atoms with Gasteiger partial charge in [0.2, 0.25) is 0 Å². The van der Waals surface area contributed by atoms with Crippen LogP contribution in [0.4, 0.5) is 5.95 Å². The van der Waals surface area contributed by atoms with Crippen molar-refractivity contribution >= 4 is 12.2 Å². The van der Waals surface area contributed by atoms with E-state index in [1.54, 1.807) is 25.1 Å². The maximum Gasteiger partial charge on any atom is 0.268 e. The smallest absolute Gasteiger partial charge is 0.268 e. The van der Waals surface area contributed by atoms with Crippen LogP contribution in [0, 0.1) is 0 Å². The number of benzene rings is 2. The Morgan fingerprint density at radius 2 is 1.83 bits per heavy atom. The van der Waals surface area contributed by atoms with Crippen molar-refractivity contribution in [2.45, 2.75) is 0 Å². The number of nitrogens with one attached hydrogen (secondary N) is 1. The predicted octanol–water partition coefficient (Wildman–Crippen LogP) is 2.13. The Kier molecular flexibility index (Phi) is 4.66. The van der Waals surface area contributed by atoms with E-state index in [0.717, 1.165) is 11.3 Å². The largest absolute Gasteiger partial charge is 0.493 e. The van der Waals surface area contributed by atoms with Crippen molar-refractivity contribution in [1.82, 2.24) is 20.2 Å². The van der Waals surface area contributed by atoms with Gasteiger partial charge in [0.25, 0.3) is 5.95 Å². The van der Waals surface area contributed by atoms with Crippen LogP contribution in [0.15, 0.2) is 53.6 Å². The monoisotopic (exact) mass is 324 g/mol. The number of tetrazole rings is 1. The summed E-state index contributed by atoms with van der Waals surface area (Å²) >= 11 is 0. The molecule has 0 amide bonds. The molecule has 1 heterocycles. The molecule has 0 saturated carbocycles. The van der Waals surface area contributed by atoms with Gasteiger partial charge < -0.3 is 9.47 Å². The zero-order chi connectivity index (χ0) is 16.8. The predicted molar refractivity (Wildman–Crippen MR) is 89.9 cm³/mol. The summed E-state index contributed by atoms with van der Waals surface area (Å²) in [5, 5.41) is 15.7. The molecular weight excluding hydrogens is 308 g/mol. The van der Waals surface area contributed by atoms with Crippen molar-refractivity contribution in [2.75, 3.05) is 19.6 Å². The van der Waals surface area contributed by atoms with Gasteiger partial charge >= 0.3 is 0 Å². The topological polar surface area (TPSA) is 86.5 Å². The Bertz CT molecular complexity index is 832. The third kappa shape index (κ3) is 3.32. The maximum atomic E-state index is 5.26. The Hall–Kier alpha value is -3.42. The number of para-hydroxylation sites is 1. The lowest BCUT2D eigenvalue weighted by Gasteiger charge is -2.07. The van der Waals surface area contributed by atoms with Gasteiger partial charge in [-0.2, -0.15) is 9.78 Å². The number of methoxy groups -OCH3 is 2. The summed E-state index contributed by atoms with van der Waals surface area (Å²) in [6.07, 6.45) is 1.64.